The first-order valence-corrected chi connectivity index (χ1v) is 3.64. The van der Waals surface area contributed by atoms with Gasteiger partial charge in [-0.15, -0.1) is 0 Å². The van der Waals surface area contributed by atoms with Crippen molar-refractivity contribution in [3.05, 3.63) is 18.2 Å². The third kappa shape index (κ3) is 5.64. The fourth-order valence-electron chi connectivity index (χ4n) is 0.482. The summed E-state index contributed by atoms with van der Waals surface area (Å²) in [6, 6.07) is 0. The molecule has 0 fully saturated rings. The minimum absolute atomic E-state index is 0. The smallest absolute Gasteiger partial charge is 0 e. The minimum atomic E-state index is 0. The molecule has 0 spiro atoms. The molecule has 67 valence electrons. The molecule has 0 saturated carbocycles. The molecule has 0 unspecified atom stereocenters. The van der Waals surface area contributed by atoms with E-state index < -0.39 is 0 Å². The third-order valence-electron chi connectivity index (χ3n) is 0.970. The molecule has 4 heteroatoms. The standard InChI is InChI=1S/C6H8N2.C2H6.Re.Rf/c1-5(2)6-3-7-4-8-6;1-2;;/h5H,1-2H3,(H,7,8);1-2H3;;/q-2;;;. The van der Waals surface area contributed by atoms with Gasteiger partial charge in [0.05, 0.1) is 0 Å². The minimum Gasteiger partial charge on any atom is -0.697 e. The molecule has 1 N–H and O–H groups in total. The van der Waals surface area contributed by atoms with Gasteiger partial charge in [0, 0.05) is 20.4 Å². The second kappa shape index (κ2) is 9.87. The van der Waals surface area contributed by atoms with Crippen LogP contribution in [0.3, 0.4) is 0 Å². The van der Waals surface area contributed by atoms with Crippen molar-refractivity contribution in [3.63, 3.8) is 0 Å². The molecule has 0 amide bonds. The maximum Gasteiger partial charge on any atom is 0 e. The topological polar surface area (TPSA) is 28.7 Å². The predicted octanol–water partition coefficient (Wildman–Crippen LogP) is 2.16. The van der Waals surface area contributed by atoms with Gasteiger partial charge in [-0.05, 0) is 5.92 Å². The van der Waals surface area contributed by atoms with Crippen LogP contribution in [-0.2, 0) is 20.4 Å². The van der Waals surface area contributed by atoms with Gasteiger partial charge in [-0.2, -0.15) is 5.69 Å². The van der Waals surface area contributed by atoms with Crippen molar-refractivity contribution >= 4 is 0 Å². The summed E-state index contributed by atoms with van der Waals surface area (Å²) in [5.74, 6) is 0.456. The van der Waals surface area contributed by atoms with Gasteiger partial charge in [0.25, 0.3) is 0 Å². The summed E-state index contributed by atoms with van der Waals surface area (Å²) in [7, 11) is 0. The summed E-state index contributed by atoms with van der Waals surface area (Å²) in [4.78, 5) is 6.53. The number of nitrogens with one attached hydrogen (secondary N) is 1. The van der Waals surface area contributed by atoms with Crippen molar-refractivity contribution in [2.75, 3.05) is 0 Å². The largest absolute Gasteiger partial charge is 0.697 e. The second-order valence-electron chi connectivity index (χ2n) is 2.01. The Morgan fingerprint density at radius 2 is 1.83 bits per heavy atom. The fourth-order valence-corrected chi connectivity index (χ4v) is 0.482. The Balaban J connectivity index is -0.000000189. The molecule has 12 heavy (non-hydrogen) atoms. The predicted molar refractivity (Wildman–Crippen MR) is 41.7 cm³/mol. The molecular formula is C8H14N2ReRf-2. The van der Waals surface area contributed by atoms with Gasteiger partial charge >= 0.3 is 0 Å². The zero-order valence-electron chi connectivity index (χ0n) is 8.11. The van der Waals surface area contributed by atoms with Crippen molar-refractivity contribution in [1.82, 2.24) is 9.97 Å². The van der Waals surface area contributed by atoms with E-state index in [0.717, 1.165) is 5.69 Å². The quantitative estimate of drug-likeness (QED) is 0.499. The van der Waals surface area contributed by atoms with E-state index in [1.54, 1.807) is 0 Å². The van der Waals surface area contributed by atoms with Crippen LogP contribution >= 0.6 is 0 Å². The van der Waals surface area contributed by atoms with Gasteiger partial charge in [-0.1, -0.05) is 27.7 Å². The summed E-state index contributed by atoms with van der Waals surface area (Å²) >= 11 is 0. The summed E-state index contributed by atoms with van der Waals surface area (Å²) < 4.78 is 0. The van der Waals surface area contributed by atoms with E-state index in [1.165, 1.54) is 0 Å². The van der Waals surface area contributed by atoms with Gasteiger partial charge in [0.15, 0.2) is 0 Å². The van der Waals surface area contributed by atoms with Crippen molar-refractivity contribution in [2.24, 2.45) is 0 Å². The van der Waals surface area contributed by atoms with Crippen LogP contribution in [0.4, 0.5) is 0 Å². The molecule has 0 aliphatic carbocycles. The van der Waals surface area contributed by atoms with Crippen molar-refractivity contribution < 1.29 is 20.4 Å². The Hall–Kier alpha value is -1.13. The van der Waals surface area contributed by atoms with Crippen molar-refractivity contribution in [3.8, 4) is 0 Å². The molecule has 0 aliphatic heterocycles. The number of aromatic amines is 1. The van der Waals surface area contributed by atoms with Crippen molar-refractivity contribution in [2.45, 2.75) is 33.6 Å². The molecule has 0 bridgehead atoms. The van der Waals surface area contributed by atoms with E-state index in [9.17, 15) is 0 Å². The van der Waals surface area contributed by atoms with Gasteiger partial charge in [0.1, 0.15) is 0 Å². The molecule has 1 heterocycles. The van der Waals surface area contributed by atoms with Gasteiger partial charge in [-0.25, -0.2) is 0 Å². The zero-order valence-corrected chi connectivity index (χ0v) is 17.2. The fraction of sp³-hybridized carbons (Fsp3) is 0.625. The molecule has 0 saturated heterocycles. The molecule has 1 rings (SSSR count). The molecule has 1 aromatic heterocycles. The van der Waals surface area contributed by atoms with Crippen LogP contribution in [0.15, 0.2) is 0 Å². The van der Waals surface area contributed by atoms with Gasteiger partial charge < -0.3 is 22.5 Å². The van der Waals surface area contributed by atoms with Crippen LogP contribution in [0.25, 0.3) is 0 Å². The van der Waals surface area contributed by atoms with E-state index in [-0.39, 0.29) is 20.4 Å². The van der Waals surface area contributed by atoms with Crippen molar-refractivity contribution in [1.29, 1.82) is 0 Å². The van der Waals surface area contributed by atoms with Crippen LogP contribution in [0.5, 0.6) is 0 Å². The summed E-state index contributed by atoms with van der Waals surface area (Å²) in [5.41, 5.74) is 0.949. The Morgan fingerprint density at radius 3 is 2.00 bits per heavy atom. The number of aromatic nitrogens is 2. The van der Waals surface area contributed by atoms with E-state index in [0.29, 0.717) is 5.92 Å². The molecule has 1 radical (unpaired) electrons. The first kappa shape index (κ1) is 17.1. The number of imidazole rings is 1. The van der Waals surface area contributed by atoms with E-state index in [1.807, 2.05) is 13.8 Å². The Morgan fingerprint density at radius 1 is 1.33 bits per heavy atom. The van der Waals surface area contributed by atoms with Crippen LogP contribution < -0.4 is 0 Å². The maximum absolute atomic E-state index is 3.88. The molecular weight excluding hydrogens is 577 g/mol. The molecule has 0 aliphatic rings. The molecule has 2 nitrogen and oxygen atoms in total. The number of H-pyrrole nitrogens is 1. The van der Waals surface area contributed by atoms with E-state index in [4.69, 9.17) is 0 Å². The Kier molecular flexibility index (Phi) is 14.1. The number of rotatable bonds is 1. The number of hydrogen-bond donors (Lipinski definition) is 1. The molecule has 0 atom stereocenters. The van der Waals surface area contributed by atoms with Gasteiger partial charge in [-0.3, -0.25) is 0 Å². The normalized spacial score (nSPS) is 7.42. The second-order valence-corrected chi connectivity index (χ2v) is 2.01. The third-order valence-corrected chi connectivity index (χ3v) is 0.970. The number of hydrogen-bond acceptors (Lipinski definition) is 1. The zero-order chi connectivity index (χ0) is 7.98. The van der Waals surface area contributed by atoms with E-state index in [2.05, 4.69) is 36.3 Å². The van der Waals surface area contributed by atoms with Crippen LogP contribution in [0.1, 0.15) is 39.3 Å². The van der Waals surface area contributed by atoms with E-state index >= 15 is 0 Å². The molecule has 0 aromatic carbocycles. The maximum atomic E-state index is 3.88. The number of nitrogens with zero attached hydrogens (tertiary/aromatic N) is 1. The SMILES string of the molecule is CC.CC(C)c1[c-][nH][c-]n1.[Re].[Rf]. The average Bonchev–Trinajstić information content (AvgIpc) is 2.42. The van der Waals surface area contributed by atoms with Gasteiger partial charge in [0.2, 0.25) is 0 Å². The Labute approximate surface area is 82.5 Å². The van der Waals surface area contributed by atoms with Crippen LogP contribution in [0.2, 0.25) is 0 Å². The monoisotopic (exact) mass is 592 g/mol. The van der Waals surface area contributed by atoms with Crippen LogP contribution in [-0.4, -0.2) is 9.97 Å². The Bertz CT molecular complexity index is 152. The first-order valence-electron chi connectivity index (χ1n) is 3.64. The summed E-state index contributed by atoms with van der Waals surface area (Å²) in [5, 5.41) is 0. The average molecular weight is 591 g/mol. The summed E-state index contributed by atoms with van der Waals surface area (Å²) in [6.07, 6.45) is 5.43. The molecule has 1 aromatic rings. The summed E-state index contributed by atoms with van der Waals surface area (Å²) in [6.45, 7) is 8.14. The first-order chi connectivity index (χ1) is 4.80. The van der Waals surface area contributed by atoms with Crippen LogP contribution in [0, 0.1) is 12.5 Å².